The fraction of sp³-hybridized carbons (Fsp3) is 0.333. The van der Waals surface area contributed by atoms with Crippen LogP contribution in [0.3, 0.4) is 0 Å². The predicted molar refractivity (Wildman–Crippen MR) is 62.5 cm³/mol. The van der Waals surface area contributed by atoms with Gasteiger partial charge in [-0.2, -0.15) is 0 Å². The average molecular weight is 210 g/mol. The van der Waals surface area contributed by atoms with Gasteiger partial charge in [0.2, 0.25) is 0 Å². The van der Waals surface area contributed by atoms with Crippen LogP contribution in [-0.4, -0.2) is 0 Å². The van der Waals surface area contributed by atoms with Crippen molar-refractivity contribution in [2.45, 2.75) is 26.3 Å². The Labute approximate surface area is 90.6 Å². The van der Waals surface area contributed by atoms with E-state index in [0.29, 0.717) is 0 Å². The van der Waals surface area contributed by atoms with E-state index in [-0.39, 0.29) is 6.04 Å². The molecule has 1 unspecified atom stereocenters. The zero-order valence-electron chi connectivity index (χ0n) is 8.68. The highest BCUT2D eigenvalue weighted by molar-refractivity contribution is 6.30. The van der Waals surface area contributed by atoms with Crippen LogP contribution in [0.1, 0.15) is 30.5 Å². The maximum absolute atomic E-state index is 6.05. The average Bonchev–Trinajstić information content (AvgIpc) is 2.08. The van der Waals surface area contributed by atoms with Crippen molar-refractivity contribution in [3.05, 3.63) is 46.5 Å². The van der Waals surface area contributed by atoms with Crippen LogP contribution in [0, 0.1) is 6.92 Å². The van der Waals surface area contributed by atoms with Crippen molar-refractivity contribution < 1.29 is 0 Å². The van der Waals surface area contributed by atoms with E-state index in [0.717, 1.165) is 22.6 Å². The fourth-order valence-corrected chi connectivity index (χ4v) is 1.68. The number of hydrogen-bond donors (Lipinski definition) is 1. The summed E-state index contributed by atoms with van der Waals surface area (Å²) in [4.78, 5) is 0. The van der Waals surface area contributed by atoms with Crippen molar-refractivity contribution in [2.24, 2.45) is 5.73 Å². The van der Waals surface area contributed by atoms with Crippen molar-refractivity contribution in [2.75, 3.05) is 0 Å². The molecule has 0 spiro atoms. The SMILES string of the molecule is C=C(C)CC(N)c1cc(Cl)ccc1C. The minimum atomic E-state index is 0.00574. The van der Waals surface area contributed by atoms with Gasteiger partial charge < -0.3 is 5.73 Å². The smallest absolute Gasteiger partial charge is 0.0409 e. The van der Waals surface area contributed by atoms with E-state index in [9.17, 15) is 0 Å². The molecule has 76 valence electrons. The minimum Gasteiger partial charge on any atom is -0.324 e. The molecule has 2 heteroatoms. The second-order valence-electron chi connectivity index (χ2n) is 3.77. The quantitative estimate of drug-likeness (QED) is 0.757. The Hall–Kier alpha value is -0.790. The highest BCUT2D eigenvalue weighted by Crippen LogP contribution is 2.24. The normalized spacial score (nSPS) is 12.6. The summed E-state index contributed by atoms with van der Waals surface area (Å²) >= 11 is 5.92. The summed E-state index contributed by atoms with van der Waals surface area (Å²) in [6.45, 7) is 7.89. The van der Waals surface area contributed by atoms with Gasteiger partial charge in [-0.25, -0.2) is 0 Å². The Balaban J connectivity index is 2.93. The van der Waals surface area contributed by atoms with E-state index in [2.05, 4.69) is 6.58 Å². The van der Waals surface area contributed by atoms with Gasteiger partial charge in [0.1, 0.15) is 0 Å². The largest absolute Gasteiger partial charge is 0.324 e. The number of halogens is 1. The van der Waals surface area contributed by atoms with Gasteiger partial charge in [0.15, 0.2) is 0 Å². The molecule has 14 heavy (non-hydrogen) atoms. The van der Waals surface area contributed by atoms with Crippen molar-refractivity contribution in [3.63, 3.8) is 0 Å². The van der Waals surface area contributed by atoms with E-state index >= 15 is 0 Å². The van der Waals surface area contributed by atoms with E-state index in [1.807, 2.05) is 32.0 Å². The molecule has 1 aromatic rings. The molecular formula is C12H16ClN. The lowest BCUT2D eigenvalue weighted by Gasteiger charge is -2.14. The number of rotatable bonds is 3. The van der Waals surface area contributed by atoms with Crippen LogP contribution in [0.4, 0.5) is 0 Å². The summed E-state index contributed by atoms with van der Waals surface area (Å²) in [5.41, 5.74) is 9.44. The number of aryl methyl sites for hydroxylation is 1. The van der Waals surface area contributed by atoms with E-state index in [1.54, 1.807) is 0 Å². The Kier molecular flexibility index (Phi) is 3.73. The molecular weight excluding hydrogens is 194 g/mol. The zero-order chi connectivity index (χ0) is 10.7. The van der Waals surface area contributed by atoms with E-state index in [1.165, 1.54) is 5.56 Å². The maximum Gasteiger partial charge on any atom is 0.0409 e. The first-order valence-electron chi connectivity index (χ1n) is 4.66. The van der Waals surface area contributed by atoms with Crippen LogP contribution in [0.5, 0.6) is 0 Å². The number of nitrogens with two attached hydrogens (primary N) is 1. The van der Waals surface area contributed by atoms with Crippen LogP contribution in [-0.2, 0) is 0 Å². The Morgan fingerprint density at radius 2 is 2.21 bits per heavy atom. The zero-order valence-corrected chi connectivity index (χ0v) is 9.43. The standard InChI is InChI=1S/C12H16ClN/c1-8(2)6-12(14)11-7-10(13)5-4-9(11)3/h4-5,7,12H,1,6,14H2,2-3H3. The summed E-state index contributed by atoms with van der Waals surface area (Å²) in [7, 11) is 0. The summed E-state index contributed by atoms with van der Waals surface area (Å²) < 4.78 is 0. The summed E-state index contributed by atoms with van der Waals surface area (Å²) in [5, 5.41) is 0.739. The second-order valence-corrected chi connectivity index (χ2v) is 4.21. The molecule has 2 N–H and O–H groups in total. The van der Waals surface area contributed by atoms with E-state index < -0.39 is 0 Å². The first kappa shape index (κ1) is 11.3. The fourth-order valence-electron chi connectivity index (χ4n) is 1.50. The molecule has 1 rings (SSSR count). The third-order valence-electron chi connectivity index (χ3n) is 2.21. The molecule has 0 aliphatic rings. The third-order valence-corrected chi connectivity index (χ3v) is 2.44. The molecule has 0 bridgehead atoms. The van der Waals surface area contributed by atoms with Crippen molar-refractivity contribution >= 4 is 11.6 Å². The summed E-state index contributed by atoms with van der Waals surface area (Å²) in [5.74, 6) is 0. The van der Waals surface area contributed by atoms with Crippen LogP contribution < -0.4 is 5.73 Å². The number of benzene rings is 1. The maximum atomic E-state index is 6.05. The van der Waals surface area contributed by atoms with Gasteiger partial charge in [-0.1, -0.05) is 23.2 Å². The molecule has 0 saturated heterocycles. The van der Waals surface area contributed by atoms with Crippen LogP contribution in [0.2, 0.25) is 5.02 Å². The highest BCUT2D eigenvalue weighted by atomic mass is 35.5. The highest BCUT2D eigenvalue weighted by Gasteiger charge is 2.09. The topological polar surface area (TPSA) is 26.0 Å². The Morgan fingerprint density at radius 3 is 2.79 bits per heavy atom. The minimum absolute atomic E-state index is 0.00574. The first-order valence-corrected chi connectivity index (χ1v) is 5.04. The molecule has 1 nitrogen and oxygen atoms in total. The molecule has 0 aromatic heterocycles. The van der Waals surface area contributed by atoms with Crippen molar-refractivity contribution in [3.8, 4) is 0 Å². The van der Waals surface area contributed by atoms with Crippen LogP contribution in [0.25, 0.3) is 0 Å². The second kappa shape index (κ2) is 4.63. The predicted octanol–water partition coefficient (Wildman–Crippen LogP) is 3.61. The van der Waals surface area contributed by atoms with Crippen LogP contribution in [0.15, 0.2) is 30.4 Å². The van der Waals surface area contributed by atoms with Crippen molar-refractivity contribution in [1.82, 2.24) is 0 Å². The molecule has 0 radical (unpaired) electrons. The summed E-state index contributed by atoms with van der Waals surface area (Å²) in [6, 6.07) is 5.82. The van der Waals surface area contributed by atoms with Gasteiger partial charge in [-0.3, -0.25) is 0 Å². The molecule has 0 heterocycles. The van der Waals surface area contributed by atoms with Gasteiger partial charge >= 0.3 is 0 Å². The molecule has 0 aliphatic carbocycles. The molecule has 1 atom stereocenters. The third kappa shape index (κ3) is 2.86. The van der Waals surface area contributed by atoms with Gasteiger partial charge in [-0.05, 0) is 43.5 Å². The lowest BCUT2D eigenvalue weighted by atomic mass is 9.97. The molecule has 0 saturated carbocycles. The van der Waals surface area contributed by atoms with Gasteiger partial charge in [0, 0.05) is 11.1 Å². The van der Waals surface area contributed by atoms with Gasteiger partial charge in [0.05, 0.1) is 0 Å². The molecule has 0 amide bonds. The lowest BCUT2D eigenvalue weighted by molar-refractivity contribution is 0.712. The molecule has 1 aromatic carbocycles. The van der Waals surface area contributed by atoms with Gasteiger partial charge in [0.25, 0.3) is 0 Å². The van der Waals surface area contributed by atoms with Crippen LogP contribution >= 0.6 is 11.6 Å². The van der Waals surface area contributed by atoms with E-state index in [4.69, 9.17) is 17.3 Å². The van der Waals surface area contributed by atoms with Gasteiger partial charge in [-0.15, -0.1) is 6.58 Å². The molecule has 0 aliphatic heterocycles. The Morgan fingerprint density at radius 1 is 1.57 bits per heavy atom. The monoisotopic (exact) mass is 209 g/mol. The summed E-state index contributed by atoms with van der Waals surface area (Å²) in [6.07, 6.45) is 0.807. The molecule has 0 fully saturated rings. The van der Waals surface area contributed by atoms with Crippen molar-refractivity contribution in [1.29, 1.82) is 0 Å². The first-order chi connectivity index (χ1) is 6.50. The lowest BCUT2D eigenvalue weighted by Crippen LogP contribution is -2.11. The Bertz CT molecular complexity index is 344. The number of hydrogen-bond acceptors (Lipinski definition) is 1.